The molecular weight excluding hydrogens is 544 g/mol. The quantitative estimate of drug-likeness (QED) is 0.189. The minimum atomic E-state index is -0.426. The highest BCUT2D eigenvalue weighted by atomic mass is 16.3. The Morgan fingerprint density at radius 2 is 0.822 bits per heavy atom. The third-order valence-corrected chi connectivity index (χ3v) is 8.54. The molecule has 0 aliphatic carbocycles. The zero-order chi connectivity index (χ0) is 36.7. The Bertz CT molecular complexity index is 2870. The van der Waals surface area contributed by atoms with Crippen LogP contribution in [0.1, 0.15) is 11.0 Å². The molecule has 210 valence electrons. The first kappa shape index (κ1) is 18.7. The fourth-order valence-electron chi connectivity index (χ4n) is 6.49. The zero-order valence-corrected chi connectivity index (χ0v) is 24.0. The average Bonchev–Trinajstić information content (AvgIpc) is 3.59. The highest BCUT2D eigenvalue weighted by molar-refractivity contribution is 6.21. The molecule has 0 fully saturated rings. The van der Waals surface area contributed by atoms with Gasteiger partial charge in [-0.3, -0.25) is 0 Å². The Labute approximate surface area is 272 Å². The molecule has 0 unspecified atom stereocenters. The first-order valence-electron chi connectivity index (χ1n) is 18.8. The van der Waals surface area contributed by atoms with Crippen LogP contribution in [0.4, 0.5) is 0 Å². The largest absolute Gasteiger partial charge is 0.456 e. The summed E-state index contributed by atoms with van der Waals surface area (Å²) in [6.45, 7) is 0. The second-order valence-electron chi connectivity index (χ2n) is 11.0. The smallest absolute Gasteiger partial charge is 0.136 e. The van der Waals surface area contributed by atoms with Crippen molar-refractivity contribution in [1.29, 1.82) is 0 Å². The van der Waals surface area contributed by atoms with Crippen LogP contribution < -0.4 is 0 Å². The molecule has 0 aliphatic heterocycles. The number of rotatable bonds is 4. The predicted molar refractivity (Wildman–Crippen MR) is 190 cm³/mol. The van der Waals surface area contributed by atoms with Crippen molar-refractivity contribution in [3.8, 4) is 44.5 Å². The number of furan rings is 1. The maximum absolute atomic E-state index is 9.25. The first-order chi connectivity index (χ1) is 25.7. The second kappa shape index (κ2) is 10.4. The van der Waals surface area contributed by atoms with Crippen LogP contribution in [-0.2, 0) is 0 Å². The molecule has 0 N–H and O–H groups in total. The molecule has 0 radical (unpaired) electrons. The van der Waals surface area contributed by atoms with Gasteiger partial charge in [-0.25, -0.2) is 0 Å². The van der Waals surface area contributed by atoms with E-state index in [9.17, 15) is 5.48 Å². The monoisotopic (exact) mass is 580 g/mol. The molecule has 0 saturated heterocycles. The van der Waals surface area contributed by atoms with Crippen molar-refractivity contribution in [2.45, 2.75) is 0 Å². The van der Waals surface area contributed by atoms with Gasteiger partial charge in [0.15, 0.2) is 0 Å². The van der Waals surface area contributed by atoms with E-state index in [1.165, 1.54) is 0 Å². The van der Waals surface area contributed by atoms with Crippen LogP contribution in [-0.4, -0.2) is 0 Å². The number of hydrogen-bond acceptors (Lipinski definition) is 1. The summed E-state index contributed by atoms with van der Waals surface area (Å²) in [6, 6.07) is 35.8. The summed E-state index contributed by atoms with van der Waals surface area (Å²) in [5.41, 5.74) is 7.06. The molecule has 0 bridgehead atoms. The fourth-order valence-corrected chi connectivity index (χ4v) is 6.49. The van der Waals surface area contributed by atoms with Gasteiger partial charge in [-0.1, -0.05) is 158 Å². The molecule has 45 heavy (non-hydrogen) atoms. The van der Waals surface area contributed by atoms with E-state index in [-0.39, 0.29) is 45.7 Å². The maximum Gasteiger partial charge on any atom is 0.136 e. The molecule has 1 nitrogen and oxygen atoms in total. The summed E-state index contributed by atoms with van der Waals surface area (Å²) >= 11 is 0. The van der Waals surface area contributed by atoms with Crippen LogP contribution in [0.5, 0.6) is 0 Å². The lowest BCUT2D eigenvalue weighted by Crippen LogP contribution is -1.91. The van der Waals surface area contributed by atoms with Crippen molar-refractivity contribution in [3.63, 3.8) is 0 Å². The Morgan fingerprint density at radius 1 is 0.356 bits per heavy atom. The first-order valence-corrected chi connectivity index (χ1v) is 14.8. The van der Waals surface area contributed by atoms with E-state index in [4.69, 9.17) is 9.90 Å². The van der Waals surface area contributed by atoms with Gasteiger partial charge >= 0.3 is 0 Å². The number of para-hydroxylation sites is 1. The van der Waals surface area contributed by atoms with Crippen LogP contribution in [0.25, 0.3) is 88.0 Å². The lowest BCUT2D eigenvalue weighted by Gasteiger charge is -2.18. The van der Waals surface area contributed by atoms with E-state index in [1.54, 1.807) is 0 Å². The van der Waals surface area contributed by atoms with Crippen molar-refractivity contribution in [2.75, 3.05) is 0 Å². The highest BCUT2D eigenvalue weighted by Gasteiger charge is 2.17. The average molecular weight is 581 g/mol. The molecule has 9 aromatic rings. The third kappa shape index (κ3) is 4.17. The van der Waals surface area contributed by atoms with E-state index in [0.29, 0.717) is 22.3 Å². The van der Waals surface area contributed by atoms with Gasteiger partial charge in [0.25, 0.3) is 0 Å². The SMILES string of the molecule is [2H]c1c([2H])c([2H])c2c(-c3ccc(-c4cccc5oc6ccccc6c45)cc3)c3c([2H])c([2H])c([2H])c([2H])c3c(-c3ccc(-c4ccccc4)cc3)c2c1[2H]. The van der Waals surface area contributed by atoms with Gasteiger partial charge in [0.1, 0.15) is 11.2 Å². The van der Waals surface area contributed by atoms with Gasteiger partial charge in [0.05, 0.1) is 11.0 Å². The number of fused-ring (bicyclic) bond motifs is 5. The minimum absolute atomic E-state index is 0.186. The molecule has 0 spiro atoms. The molecule has 1 heteroatoms. The fraction of sp³-hybridized carbons (Fsp3) is 0. The van der Waals surface area contributed by atoms with Crippen molar-refractivity contribution in [1.82, 2.24) is 0 Å². The predicted octanol–water partition coefficient (Wildman–Crippen LogP) is 12.6. The molecule has 1 heterocycles. The van der Waals surface area contributed by atoms with Crippen molar-refractivity contribution in [2.24, 2.45) is 0 Å². The summed E-state index contributed by atoms with van der Waals surface area (Å²) in [6.07, 6.45) is 0. The molecule has 1 aromatic heterocycles. The second-order valence-corrected chi connectivity index (χ2v) is 11.0. The Morgan fingerprint density at radius 3 is 1.42 bits per heavy atom. The molecule has 0 amide bonds. The van der Waals surface area contributed by atoms with E-state index in [2.05, 4.69) is 0 Å². The molecule has 0 atom stereocenters. The van der Waals surface area contributed by atoms with Gasteiger partial charge in [0, 0.05) is 10.8 Å². The summed E-state index contributed by atoms with van der Waals surface area (Å²) < 4.78 is 77.9. The molecule has 0 aliphatic rings. The Kier molecular flexibility index (Phi) is 4.30. The van der Waals surface area contributed by atoms with Crippen LogP contribution in [0, 0.1) is 0 Å². The topological polar surface area (TPSA) is 13.1 Å². The van der Waals surface area contributed by atoms with Crippen LogP contribution in [0.2, 0.25) is 0 Å². The Balaban J connectivity index is 1.36. The number of benzene rings is 8. The molecule has 9 rings (SSSR count). The summed E-state index contributed by atoms with van der Waals surface area (Å²) in [5.74, 6) is 0. The lowest BCUT2D eigenvalue weighted by molar-refractivity contribution is 0.669. The summed E-state index contributed by atoms with van der Waals surface area (Å²) in [4.78, 5) is 0. The maximum atomic E-state index is 9.25. The van der Waals surface area contributed by atoms with Crippen molar-refractivity contribution < 1.29 is 15.4 Å². The van der Waals surface area contributed by atoms with E-state index < -0.39 is 24.2 Å². The minimum Gasteiger partial charge on any atom is -0.456 e. The molecule has 8 aromatic carbocycles. The third-order valence-electron chi connectivity index (χ3n) is 8.54. The van der Waals surface area contributed by atoms with Gasteiger partial charge in [-0.05, 0) is 78.2 Å². The summed E-state index contributed by atoms with van der Waals surface area (Å²) in [5, 5.41) is 2.71. The summed E-state index contributed by atoms with van der Waals surface area (Å²) in [7, 11) is 0. The van der Waals surface area contributed by atoms with Crippen LogP contribution in [0.15, 0.2) is 174 Å². The highest BCUT2D eigenvalue weighted by Crippen LogP contribution is 2.44. The van der Waals surface area contributed by atoms with E-state index in [1.807, 2.05) is 121 Å². The normalized spacial score (nSPS) is 14.0. The molecule has 0 saturated carbocycles. The van der Waals surface area contributed by atoms with Crippen LogP contribution >= 0.6 is 0 Å². The van der Waals surface area contributed by atoms with E-state index >= 15 is 0 Å². The van der Waals surface area contributed by atoms with Gasteiger partial charge < -0.3 is 4.42 Å². The Hall–Kier alpha value is -5.92. The van der Waals surface area contributed by atoms with Gasteiger partial charge in [-0.15, -0.1) is 0 Å². The standard InChI is InChI=1S/C44H28O/c1-2-11-29(12-3-1)30-21-25-32(26-22-30)42-35-13-4-6-15-37(35)43(38-16-7-5-14-36(38)42)33-27-23-31(24-28-33)34-18-10-20-41-44(34)39-17-8-9-19-40(39)45-41/h1-28H/i4D,5D,6D,7D,13D,14D,15D,16D. The number of hydrogen-bond donors (Lipinski definition) is 0. The zero-order valence-electron chi connectivity index (χ0n) is 32.0. The molecular formula is C44H28O. The van der Waals surface area contributed by atoms with Gasteiger partial charge in [0.2, 0.25) is 0 Å². The van der Waals surface area contributed by atoms with Crippen molar-refractivity contribution >= 4 is 43.5 Å². The van der Waals surface area contributed by atoms with Crippen molar-refractivity contribution in [3.05, 3.63) is 170 Å². The lowest BCUT2D eigenvalue weighted by atomic mass is 9.85. The van der Waals surface area contributed by atoms with Gasteiger partial charge in [-0.2, -0.15) is 0 Å². The van der Waals surface area contributed by atoms with E-state index in [0.717, 1.165) is 44.2 Å². The van der Waals surface area contributed by atoms with Crippen LogP contribution in [0.3, 0.4) is 0 Å².